The molecular weight excluding hydrogens is 212 g/mol. The number of benzene rings is 1. The summed E-state index contributed by atoms with van der Waals surface area (Å²) in [5.74, 6) is -0.398. The van der Waals surface area contributed by atoms with Crippen LogP contribution < -0.4 is 5.32 Å². The van der Waals surface area contributed by atoms with E-state index < -0.39 is 5.91 Å². The highest BCUT2D eigenvalue weighted by Gasteiger charge is 2.04. The Bertz CT molecular complexity index is 536. The molecule has 0 aromatic heterocycles. The highest BCUT2D eigenvalue weighted by molar-refractivity contribution is 5.92. The molecule has 1 aromatic rings. The van der Waals surface area contributed by atoms with E-state index in [1.54, 1.807) is 12.3 Å². The number of carbonyl (C=O) groups is 1. The Balaban J connectivity index is 2.16. The minimum atomic E-state index is -0.398. The molecule has 0 heterocycles. The quantitative estimate of drug-likeness (QED) is 0.476. The minimum absolute atomic E-state index is 0.398. The highest BCUT2D eigenvalue weighted by Crippen LogP contribution is 2.20. The summed E-state index contributed by atoms with van der Waals surface area (Å²) in [6, 6.07) is 6.09. The Morgan fingerprint density at radius 3 is 3.18 bits per heavy atom. The Morgan fingerprint density at radius 1 is 1.47 bits per heavy atom. The van der Waals surface area contributed by atoms with Gasteiger partial charge in [0.1, 0.15) is 0 Å². The van der Waals surface area contributed by atoms with Crippen LogP contribution in [0.5, 0.6) is 0 Å². The molecule has 0 saturated heterocycles. The maximum absolute atomic E-state index is 11.1. The molecule has 0 bridgehead atoms. The average Bonchev–Trinajstić information content (AvgIpc) is 2.36. The lowest BCUT2D eigenvalue weighted by molar-refractivity contribution is -0.115. The van der Waals surface area contributed by atoms with Crippen molar-refractivity contribution in [3.63, 3.8) is 0 Å². The van der Waals surface area contributed by atoms with Gasteiger partial charge in [-0.3, -0.25) is 10.1 Å². The van der Waals surface area contributed by atoms with Crippen molar-refractivity contribution in [2.24, 2.45) is 0 Å². The standard InChI is InChI=1S/C14H12N2O/c15-10-16-14(17)8-6-11-5-7-12-3-1-2-4-13(12)9-11/h1,3,5-9H,2,4H2,(H,16,17)/b8-6-. The number of nitriles is 1. The molecule has 0 spiro atoms. The third-order valence-corrected chi connectivity index (χ3v) is 2.65. The molecule has 17 heavy (non-hydrogen) atoms. The first kappa shape index (κ1) is 11.2. The first-order valence-electron chi connectivity index (χ1n) is 5.46. The predicted octanol–water partition coefficient (Wildman–Crippen LogP) is 2.26. The first-order valence-corrected chi connectivity index (χ1v) is 5.46. The van der Waals surface area contributed by atoms with Crippen molar-refractivity contribution >= 4 is 18.1 Å². The van der Waals surface area contributed by atoms with Crippen LogP contribution in [0.25, 0.3) is 12.2 Å². The van der Waals surface area contributed by atoms with Crippen LogP contribution in [-0.4, -0.2) is 5.91 Å². The lowest BCUT2D eigenvalue weighted by Gasteiger charge is -2.10. The molecule has 1 aromatic carbocycles. The van der Waals surface area contributed by atoms with E-state index in [4.69, 9.17) is 5.26 Å². The van der Waals surface area contributed by atoms with Crippen molar-refractivity contribution in [3.8, 4) is 6.19 Å². The van der Waals surface area contributed by atoms with Gasteiger partial charge in [-0.15, -0.1) is 0 Å². The molecule has 1 aliphatic rings. The normalized spacial score (nSPS) is 13.1. The minimum Gasteiger partial charge on any atom is -0.269 e. The fourth-order valence-corrected chi connectivity index (χ4v) is 1.83. The number of hydrogen-bond acceptors (Lipinski definition) is 2. The second kappa shape index (κ2) is 5.13. The lowest BCUT2D eigenvalue weighted by atomic mass is 9.95. The van der Waals surface area contributed by atoms with Gasteiger partial charge >= 0.3 is 0 Å². The number of nitrogens with one attached hydrogen (secondary N) is 1. The van der Waals surface area contributed by atoms with Gasteiger partial charge in [0.15, 0.2) is 6.19 Å². The summed E-state index contributed by atoms with van der Waals surface area (Å²) in [5.41, 5.74) is 3.53. The largest absolute Gasteiger partial charge is 0.269 e. The molecule has 1 N–H and O–H groups in total. The van der Waals surface area contributed by atoms with Crippen LogP contribution in [-0.2, 0) is 11.2 Å². The smallest absolute Gasteiger partial charge is 0.256 e. The molecule has 1 amide bonds. The number of carbonyl (C=O) groups excluding carboxylic acids is 1. The Kier molecular flexibility index (Phi) is 3.37. The van der Waals surface area contributed by atoms with Gasteiger partial charge in [0.2, 0.25) is 0 Å². The summed E-state index contributed by atoms with van der Waals surface area (Å²) < 4.78 is 0. The maximum atomic E-state index is 11.1. The van der Waals surface area contributed by atoms with Crippen LogP contribution in [0.4, 0.5) is 0 Å². The van der Waals surface area contributed by atoms with Crippen molar-refractivity contribution in [2.45, 2.75) is 12.8 Å². The average molecular weight is 224 g/mol. The summed E-state index contributed by atoms with van der Waals surface area (Å²) in [5, 5.41) is 10.3. The maximum Gasteiger partial charge on any atom is 0.256 e. The van der Waals surface area contributed by atoms with E-state index in [0.717, 1.165) is 18.4 Å². The molecule has 1 aliphatic carbocycles. The van der Waals surface area contributed by atoms with Crippen LogP contribution in [0.15, 0.2) is 30.4 Å². The molecule has 0 saturated carbocycles. The van der Waals surface area contributed by atoms with Crippen LogP contribution in [0.2, 0.25) is 0 Å². The summed E-state index contributed by atoms with van der Waals surface area (Å²) in [6.07, 6.45) is 11.1. The van der Waals surface area contributed by atoms with Gasteiger partial charge in [-0.1, -0.05) is 30.4 Å². The van der Waals surface area contributed by atoms with Crippen molar-refractivity contribution < 1.29 is 4.79 Å². The molecule has 0 fully saturated rings. The van der Waals surface area contributed by atoms with E-state index >= 15 is 0 Å². The summed E-state index contributed by atoms with van der Waals surface area (Å²) in [7, 11) is 0. The number of rotatable bonds is 2. The van der Waals surface area contributed by atoms with Gasteiger partial charge in [-0.05, 0) is 35.6 Å². The van der Waals surface area contributed by atoms with E-state index in [-0.39, 0.29) is 0 Å². The predicted molar refractivity (Wildman–Crippen MR) is 66.6 cm³/mol. The Morgan fingerprint density at radius 2 is 2.35 bits per heavy atom. The van der Waals surface area contributed by atoms with Crippen LogP contribution in [0, 0.1) is 11.5 Å². The SMILES string of the molecule is N#CNC(=O)/C=C\c1ccc2c(c1)CCC=C2. The summed E-state index contributed by atoms with van der Waals surface area (Å²) in [4.78, 5) is 11.1. The van der Waals surface area contributed by atoms with Crippen molar-refractivity contribution in [2.75, 3.05) is 0 Å². The van der Waals surface area contributed by atoms with Crippen molar-refractivity contribution in [1.82, 2.24) is 5.32 Å². The zero-order chi connectivity index (χ0) is 12.1. The zero-order valence-electron chi connectivity index (χ0n) is 9.31. The lowest BCUT2D eigenvalue weighted by Crippen LogP contribution is -2.13. The zero-order valence-corrected chi connectivity index (χ0v) is 9.31. The molecule has 0 unspecified atom stereocenters. The third-order valence-electron chi connectivity index (χ3n) is 2.65. The van der Waals surface area contributed by atoms with E-state index in [2.05, 4.69) is 18.2 Å². The molecule has 3 nitrogen and oxygen atoms in total. The highest BCUT2D eigenvalue weighted by atomic mass is 16.1. The summed E-state index contributed by atoms with van der Waals surface area (Å²) in [6.45, 7) is 0. The Labute approximate surface area is 100 Å². The van der Waals surface area contributed by atoms with E-state index in [1.165, 1.54) is 17.2 Å². The van der Waals surface area contributed by atoms with E-state index in [1.807, 2.05) is 17.4 Å². The number of aryl methyl sites for hydroxylation is 1. The van der Waals surface area contributed by atoms with E-state index in [0.29, 0.717) is 0 Å². The fourth-order valence-electron chi connectivity index (χ4n) is 1.83. The van der Waals surface area contributed by atoms with Gasteiger partial charge < -0.3 is 0 Å². The molecule has 2 rings (SSSR count). The van der Waals surface area contributed by atoms with Crippen molar-refractivity contribution in [3.05, 3.63) is 47.0 Å². The number of allylic oxidation sites excluding steroid dienone is 1. The second-order valence-electron chi connectivity index (χ2n) is 3.83. The molecule has 0 atom stereocenters. The topological polar surface area (TPSA) is 52.9 Å². The number of hydrogen-bond donors (Lipinski definition) is 1. The molecule has 3 heteroatoms. The van der Waals surface area contributed by atoms with Gasteiger partial charge in [0.05, 0.1) is 0 Å². The van der Waals surface area contributed by atoms with E-state index in [9.17, 15) is 4.79 Å². The molecule has 0 radical (unpaired) electrons. The number of amides is 1. The van der Waals surface area contributed by atoms with Gasteiger partial charge in [-0.2, -0.15) is 5.26 Å². The van der Waals surface area contributed by atoms with Crippen LogP contribution >= 0.6 is 0 Å². The number of nitrogens with zero attached hydrogens (tertiary/aromatic N) is 1. The molecule has 84 valence electrons. The van der Waals surface area contributed by atoms with Gasteiger partial charge in [-0.25, -0.2) is 0 Å². The monoisotopic (exact) mass is 224 g/mol. The van der Waals surface area contributed by atoms with Gasteiger partial charge in [0.25, 0.3) is 5.91 Å². The Hall–Kier alpha value is -2.34. The summed E-state index contributed by atoms with van der Waals surface area (Å²) >= 11 is 0. The van der Waals surface area contributed by atoms with Crippen molar-refractivity contribution in [1.29, 1.82) is 5.26 Å². The fraction of sp³-hybridized carbons (Fsp3) is 0.143. The third kappa shape index (κ3) is 2.82. The second-order valence-corrected chi connectivity index (χ2v) is 3.83. The molecular formula is C14H12N2O. The number of fused-ring (bicyclic) bond motifs is 1. The van der Waals surface area contributed by atoms with Gasteiger partial charge in [0, 0.05) is 6.08 Å². The molecule has 0 aliphatic heterocycles. The first-order chi connectivity index (χ1) is 8.29. The van der Waals surface area contributed by atoms with Crippen LogP contribution in [0.1, 0.15) is 23.1 Å². The van der Waals surface area contributed by atoms with Crippen LogP contribution in [0.3, 0.4) is 0 Å².